The van der Waals surface area contributed by atoms with E-state index in [0.717, 1.165) is 61.8 Å². The van der Waals surface area contributed by atoms with Gasteiger partial charge in [0.05, 0.1) is 34.9 Å². The van der Waals surface area contributed by atoms with Crippen LogP contribution < -0.4 is 0 Å². The van der Waals surface area contributed by atoms with Gasteiger partial charge in [0.1, 0.15) is 0 Å². The summed E-state index contributed by atoms with van der Waals surface area (Å²) >= 11 is 5.47. The van der Waals surface area contributed by atoms with Crippen LogP contribution in [0.2, 0.25) is 0 Å². The number of rotatable bonds is 2. The lowest BCUT2D eigenvalue weighted by atomic mass is 9.61. The van der Waals surface area contributed by atoms with Crippen molar-refractivity contribution in [1.82, 2.24) is 0 Å². The molecule has 6 aliphatic rings. The highest BCUT2D eigenvalue weighted by Crippen LogP contribution is 2.69. The first-order valence-electron chi connectivity index (χ1n) is 20.1. The molecule has 282 valence electrons. The normalized spacial score (nSPS) is 22.1. The van der Waals surface area contributed by atoms with Crippen LogP contribution >= 0.6 is 34.0 Å². The van der Waals surface area contributed by atoms with Gasteiger partial charge >= 0.3 is 0 Å². The summed E-state index contributed by atoms with van der Waals surface area (Å²) in [6.07, 6.45) is 17.2. The molecule has 0 N–H and O–H groups in total. The number of allylic oxidation sites excluding steroid dienone is 8. The van der Waals surface area contributed by atoms with Crippen molar-refractivity contribution in [1.29, 1.82) is 10.5 Å². The average molecular weight is 817 g/mol. The fourth-order valence-electron chi connectivity index (χ4n) is 11.3. The minimum absolute atomic E-state index is 0.0481. The Balaban J connectivity index is 1.07. The molecule has 11 rings (SSSR count). The van der Waals surface area contributed by atoms with Crippen LogP contribution in [0.1, 0.15) is 122 Å². The van der Waals surface area contributed by atoms with E-state index in [1.165, 1.54) is 53.6 Å². The molecule has 59 heavy (non-hydrogen) atoms. The first-order chi connectivity index (χ1) is 28.9. The van der Waals surface area contributed by atoms with Crippen LogP contribution in [0.15, 0.2) is 88.8 Å². The van der Waals surface area contributed by atoms with E-state index in [0.29, 0.717) is 44.5 Å². The van der Waals surface area contributed by atoms with Gasteiger partial charge < -0.3 is 0 Å². The predicted molar refractivity (Wildman–Crippen MR) is 235 cm³/mol. The Morgan fingerprint density at radius 1 is 0.644 bits per heavy atom. The molecule has 0 unspecified atom stereocenters. The Hall–Kier alpha value is -6.20. The minimum Gasteiger partial charge on any atom is -0.289 e. The molecule has 0 radical (unpaired) electrons. The summed E-state index contributed by atoms with van der Waals surface area (Å²) in [5.74, 6) is -0.282. The van der Waals surface area contributed by atoms with Gasteiger partial charge in [-0.2, -0.15) is 0 Å². The second-order valence-electron chi connectivity index (χ2n) is 16.3. The van der Waals surface area contributed by atoms with E-state index in [1.54, 1.807) is 23.5 Å². The van der Waals surface area contributed by atoms with Gasteiger partial charge in [0.25, 0.3) is 11.4 Å². The van der Waals surface area contributed by atoms with E-state index in [-0.39, 0.29) is 33.8 Å². The van der Waals surface area contributed by atoms with Crippen molar-refractivity contribution < 1.29 is 9.59 Å². The van der Waals surface area contributed by atoms with Crippen LogP contribution in [-0.4, -0.2) is 11.6 Å². The molecule has 2 saturated carbocycles. The first kappa shape index (κ1) is 35.9. The Kier molecular flexibility index (Phi) is 8.01. The molecule has 6 nitrogen and oxygen atoms in total. The number of carbonyl (C=O) groups excluding carboxylic acids is 2. The number of thiophene rings is 3. The van der Waals surface area contributed by atoms with E-state index in [4.69, 9.17) is 13.1 Å². The zero-order valence-corrected chi connectivity index (χ0v) is 34.3. The number of fused-ring (bicyclic) bond motifs is 12. The quantitative estimate of drug-likeness (QED) is 0.101. The summed E-state index contributed by atoms with van der Waals surface area (Å²) < 4.78 is 2.48. The molecular formula is C50H32N4O2S3. The second kappa shape index (κ2) is 13.2. The van der Waals surface area contributed by atoms with E-state index < -0.39 is 0 Å². The maximum absolute atomic E-state index is 14.2. The van der Waals surface area contributed by atoms with Crippen molar-refractivity contribution in [3.8, 4) is 21.9 Å². The monoisotopic (exact) mass is 816 g/mol. The van der Waals surface area contributed by atoms with Gasteiger partial charge in [-0.05, 0) is 77.8 Å². The molecule has 3 aromatic heterocycles. The lowest BCUT2D eigenvalue weighted by molar-refractivity contribution is 0.103. The predicted octanol–water partition coefficient (Wildman–Crippen LogP) is 13.3. The average Bonchev–Trinajstić information content (AvgIpc) is 4.12. The van der Waals surface area contributed by atoms with E-state index in [2.05, 4.69) is 34.0 Å². The summed E-state index contributed by atoms with van der Waals surface area (Å²) in [5.41, 5.74) is 9.10. The van der Waals surface area contributed by atoms with Gasteiger partial charge in [0, 0.05) is 69.1 Å². The summed E-state index contributed by atoms with van der Waals surface area (Å²) in [6.45, 7) is 15.6. The van der Waals surface area contributed by atoms with E-state index in [9.17, 15) is 20.1 Å². The Morgan fingerprint density at radius 2 is 1.17 bits per heavy atom. The molecule has 0 atom stereocenters. The zero-order valence-electron chi connectivity index (χ0n) is 31.8. The Bertz CT molecular complexity index is 3120. The second-order valence-corrected chi connectivity index (χ2v) is 19.5. The number of hydrogen-bond acceptors (Lipinski definition) is 7. The largest absolute Gasteiger partial charge is 0.289 e. The van der Waals surface area contributed by atoms with Crippen LogP contribution in [0, 0.1) is 35.8 Å². The van der Waals surface area contributed by atoms with Crippen LogP contribution in [0.25, 0.3) is 52.1 Å². The lowest BCUT2D eigenvalue weighted by Crippen LogP contribution is -2.35. The van der Waals surface area contributed by atoms with Crippen LogP contribution in [0.4, 0.5) is 0 Å². The molecular weight excluding hydrogens is 785 g/mol. The highest BCUT2D eigenvalue weighted by atomic mass is 32.1. The minimum atomic E-state index is -0.263. The van der Waals surface area contributed by atoms with Crippen LogP contribution in [0.5, 0.6) is 0 Å². The van der Waals surface area contributed by atoms with Gasteiger partial charge in [0.2, 0.25) is 0 Å². The van der Waals surface area contributed by atoms with Crippen LogP contribution in [0.3, 0.4) is 0 Å². The maximum atomic E-state index is 14.2. The van der Waals surface area contributed by atoms with Gasteiger partial charge in [-0.15, -0.1) is 34.0 Å². The fraction of sp³-hybridized carbons (Fsp3) is 0.240. The number of Topliss-reactive ketones (excluding diaryl/α,β-unsaturated/α-hetero) is 2. The van der Waals surface area contributed by atoms with E-state index in [1.807, 2.05) is 71.2 Å². The molecule has 3 heterocycles. The SMILES string of the molecule is [C-]#[N+]C(C#N)=C1/C(=C\c2cc3sc4c(c3s2)C2(CCCCC2)c2c-4sc3c2C2(CCCCC2)C(/C=C2\C(=O)c4ccccc4\C2=C(\C#N)[N+]#[C-])=C3)C(=O)c2ccccc21. The molecule has 0 saturated heterocycles. The van der Waals surface area contributed by atoms with Gasteiger partial charge in [-0.25, -0.2) is 20.2 Å². The maximum Gasteiger partial charge on any atom is 0.270 e. The highest BCUT2D eigenvalue weighted by molar-refractivity contribution is 7.32. The van der Waals surface area contributed by atoms with Gasteiger partial charge in [0.15, 0.2) is 11.6 Å². The summed E-state index contributed by atoms with van der Waals surface area (Å²) in [4.78, 5) is 40.1. The zero-order chi connectivity index (χ0) is 40.2. The van der Waals surface area contributed by atoms with Crippen molar-refractivity contribution in [2.75, 3.05) is 0 Å². The molecule has 0 aliphatic heterocycles. The number of nitriles is 2. The van der Waals surface area contributed by atoms with Crippen molar-refractivity contribution in [3.05, 3.63) is 160 Å². The molecule has 2 fully saturated rings. The summed E-state index contributed by atoms with van der Waals surface area (Å²) in [7, 11) is 0. The molecule has 2 spiro atoms. The molecule has 0 bridgehead atoms. The summed E-state index contributed by atoms with van der Waals surface area (Å²) in [6, 6.07) is 20.9. The fourth-order valence-corrected chi connectivity index (χ4v) is 15.6. The smallest absolute Gasteiger partial charge is 0.270 e. The number of benzene rings is 2. The third-order valence-corrected chi connectivity index (χ3v) is 17.3. The van der Waals surface area contributed by atoms with Crippen molar-refractivity contribution in [2.45, 2.75) is 75.0 Å². The summed E-state index contributed by atoms with van der Waals surface area (Å²) in [5, 5.41) is 20.0. The third-order valence-electron chi connectivity index (χ3n) is 13.6. The lowest BCUT2D eigenvalue weighted by Gasteiger charge is -2.42. The number of carbonyl (C=O) groups is 2. The van der Waals surface area contributed by atoms with Gasteiger partial charge in [-0.3, -0.25) is 9.59 Å². The first-order valence-corrected chi connectivity index (χ1v) is 22.6. The Morgan fingerprint density at radius 3 is 1.73 bits per heavy atom. The standard InChI is InChI=1S/C50H32N4O2S3/c1-53-35(25-51)39-29-13-5-7-15-31(29)44(55)33(39)21-27-22-37-41(49(27)17-9-3-10-18-49)42-47(58-37)48-43(50(42)19-11-4-12-20-50)46-38(59-48)24-28(57-46)23-34-40(36(26-52)54-2)30-14-6-8-16-32(30)45(34)56/h5-8,13-16,21-24H,3-4,9-12,17-20H2/b33-21-,34-23+,39-35+,40-36?. The van der Waals surface area contributed by atoms with Crippen molar-refractivity contribution in [3.63, 3.8) is 0 Å². The van der Waals surface area contributed by atoms with Crippen molar-refractivity contribution >= 4 is 78.3 Å². The molecule has 9 heteroatoms. The Labute approximate surface area is 353 Å². The number of hydrogen-bond donors (Lipinski definition) is 0. The van der Waals surface area contributed by atoms with Crippen molar-refractivity contribution in [2.24, 2.45) is 0 Å². The van der Waals surface area contributed by atoms with Crippen LogP contribution in [-0.2, 0) is 10.8 Å². The molecule has 5 aromatic rings. The molecule has 6 aliphatic carbocycles. The molecule has 2 aromatic carbocycles. The molecule has 0 amide bonds. The number of ketones is 2. The highest BCUT2D eigenvalue weighted by Gasteiger charge is 2.55. The topological polar surface area (TPSA) is 90.4 Å². The third kappa shape index (κ3) is 4.79. The van der Waals surface area contributed by atoms with Gasteiger partial charge in [-0.1, -0.05) is 87.1 Å². The number of nitrogens with zero attached hydrogens (tertiary/aromatic N) is 4. The van der Waals surface area contributed by atoms with E-state index >= 15 is 0 Å².